The Kier molecular flexibility index (Phi) is 5.00. The second kappa shape index (κ2) is 7.45. The van der Waals surface area contributed by atoms with Crippen molar-refractivity contribution in [3.8, 4) is 5.69 Å². The molecular weight excluding hydrogens is 392 g/mol. The third-order valence-electron chi connectivity index (χ3n) is 4.93. The minimum absolute atomic E-state index is 0.223. The van der Waals surface area contributed by atoms with Crippen LogP contribution in [-0.2, 0) is 5.75 Å². The van der Waals surface area contributed by atoms with Gasteiger partial charge in [-0.15, -0.1) is 10.2 Å². The van der Waals surface area contributed by atoms with E-state index in [1.165, 1.54) is 16.7 Å². The molecule has 2 aromatic carbocycles. The molecule has 0 N–H and O–H groups in total. The van der Waals surface area contributed by atoms with Crippen LogP contribution in [-0.4, -0.2) is 19.2 Å². The average Bonchev–Trinajstić information content (AvgIpc) is 3.08. The van der Waals surface area contributed by atoms with Gasteiger partial charge in [0.1, 0.15) is 0 Å². The molecular formula is C21H19ClN4OS. The highest BCUT2D eigenvalue weighted by atomic mass is 35.5. The Morgan fingerprint density at radius 2 is 1.71 bits per heavy atom. The lowest BCUT2D eigenvalue weighted by Crippen LogP contribution is -2.21. The Morgan fingerprint density at radius 3 is 2.46 bits per heavy atom. The van der Waals surface area contributed by atoms with Gasteiger partial charge in [0.25, 0.3) is 0 Å². The zero-order chi connectivity index (χ0) is 19.8. The Morgan fingerprint density at radius 1 is 1.00 bits per heavy atom. The predicted octanol–water partition coefficient (Wildman–Crippen LogP) is 4.75. The molecule has 0 aliphatic rings. The smallest absolute Gasteiger partial charge is 0.279 e. The van der Waals surface area contributed by atoms with Crippen molar-refractivity contribution in [2.45, 2.75) is 31.7 Å². The van der Waals surface area contributed by atoms with E-state index in [1.807, 2.05) is 31.3 Å². The van der Waals surface area contributed by atoms with Crippen LogP contribution in [0.25, 0.3) is 11.3 Å². The third-order valence-corrected chi connectivity index (χ3v) is 6.31. The summed E-state index contributed by atoms with van der Waals surface area (Å²) in [6, 6.07) is 11.8. The van der Waals surface area contributed by atoms with Gasteiger partial charge in [0.2, 0.25) is 5.65 Å². The van der Waals surface area contributed by atoms with E-state index in [0.29, 0.717) is 15.8 Å². The standard InChI is InChI=1S/C21H19ClN4OS/c1-13-6-4-7-14(2)16(13)12-28-21-24-23-19-20(27)25(10-11-26(19)21)18-9-5-8-17(22)15(18)3/h4-11H,12H2,1-3H3. The molecule has 4 aromatic rings. The van der Waals surface area contributed by atoms with Crippen molar-refractivity contribution in [1.29, 1.82) is 0 Å². The lowest BCUT2D eigenvalue weighted by Gasteiger charge is -2.11. The van der Waals surface area contributed by atoms with Gasteiger partial charge in [0.05, 0.1) is 5.69 Å². The van der Waals surface area contributed by atoms with Crippen LogP contribution >= 0.6 is 23.4 Å². The number of hydrogen-bond acceptors (Lipinski definition) is 4. The number of nitrogens with zero attached hydrogens (tertiary/aromatic N) is 4. The number of fused-ring (bicyclic) bond motifs is 1. The summed E-state index contributed by atoms with van der Waals surface area (Å²) in [6.45, 7) is 6.11. The Labute approximate surface area is 172 Å². The fraction of sp³-hybridized carbons (Fsp3) is 0.190. The van der Waals surface area contributed by atoms with Crippen LogP contribution in [0.3, 0.4) is 0 Å². The van der Waals surface area contributed by atoms with Crippen LogP contribution in [0.1, 0.15) is 22.3 Å². The van der Waals surface area contributed by atoms with Gasteiger partial charge < -0.3 is 0 Å². The molecule has 4 rings (SSSR count). The number of halogens is 1. The predicted molar refractivity (Wildman–Crippen MR) is 114 cm³/mol. The monoisotopic (exact) mass is 410 g/mol. The first-order valence-corrected chi connectivity index (χ1v) is 10.2. The molecule has 0 spiro atoms. The molecule has 2 heterocycles. The lowest BCUT2D eigenvalue weighted by atomic mass is 10.1. The first-order chi connectivity index (χ1) is 13.5. The molecule has 0 atom stereocenters. The van der Waals surface area contributed by atoms with Crippen LogP contribution in [0, 0.1) is 20.8 Å². The number of hydrogen-bond donors (Lipinski definition) is 0. The maximum atomic E-state index is 13.0. The zero-order valence-electron chi connectivity index (χ0n) is 15.8. The van der Waals surface area contributed by atoms with Gasteiger partial charge in [0, 0.05) is 23.2 Å². The van der Waals surface area contributed by atoms with Crippen molar-refractivity contribution in [2.75, 3.05) is 0 Å². The Hall–Kier alpha value is -2.57. The molecule has 5 nitrogen and oxygen atoms in total. The Bertz CT molecular complexity index is 1220. The van der Waals surface area contributed by atoms with Crippen molar-refractivity contribution < 1.29 is 0 Å². The van der Waals surface area contributed by atoms with Crippen LogP contribution in [0.4, 0.5) is 0 Å². The van der Waals surface area contributed by atoms with Gasteiger partial charge in [-0.25, -0.2) is 0 Å². The summed E-state index contributed by atoms with van der Waals surface area (Å²) in [7, 11) is 0. The Balaban J connectivity index is 1.71. The molecule has 2 aromatic heterocycles. The van der Waals surface area contributed by atoms with E-state index in [2.05, 4.69) is 42.2 Å². The zero-order valence-corrected chi connectivity index (χ0v) is 17.4. The molecule has 0 radical (unpaired) electrons. The minimum Gasteiger partial charge on any atom is -0.279 e. The second-order valence-corrected chi connectivity index (χ2v) is 8.04. The molecule has 0 fully saturated rings. The van der Waals surface area contributed by atoms with E-state index >= 15 is 0 Å². The molecule has 0 aliphatic heterocycles. The molecule has 142 valence electrons. The molecule has 0 saturated carbocycles. The first kappa shape index (κ1) is 18.8. The van der Waals surface area contributed by atoms with Crippen molar-refractivity contribution >= 4 is 29.0 Å². The molecule has 0 unspecified atom stereocenters. The molecule has 0 bridgehead atoms. The van der Waals surface area contributed by atoms with Gasteiger partial charge in [-0.05, 0) is 55.2 Å². The summed E-state index contributed by atoms with van der Waals surface area (Å²) < 4.78 is 3.31. The number of benzene rings is 2. The van der Waals surface area contributed by atoms with Crippen molar-refractivity contribution in [2.24, 2.45) is 0 Å². The summed E-state index contributed by atoms with van der Waals surface area (Å²) in [5.41, 5.74) is 5.45. The molecule has 0 amide bonds. The van der Waals surface area contributed by atoms with Crippen LogP contribution < -0.4 is 5.56 Å². The largest absolute Gasteiger partial charge is 0.300 e. The van der Waals surface area contributed by atoms with Gasteiger partial charge in [-0.3, -0.25) is 13.8 Å². The van der Waals surface area contributed by atoms with E-state index in [9.17, 15) is 4.79 Å². The molecule has 0 aliphatic carbocycles. The van der Waals surface area contributed by atoms with Gasteiger partial charge in [0.15, 0.2) is 5.16 Å². The van der Waals surface area contributed by atoms with Crippen molar-refractivity contribution in [3.05, 3.63) is 86.4 Å². The average molecular weight is 411 g/mol. The summed E-state index contributed by atoms with van der Waals surface area (Å²) in [6.07, 6.45) is 3.56. The van der Waals surface area contributed by atoms with Gasteiger partial charge in [-0.1, -0.05) is 47.6 Å². The van der Waals surface area contributed by atoms with Crippen LogP contribution in [0.2, 0.25) is 5.02 Å². The highest BCUT2D eigenvalue weighted by Gasteiger charge is 2.14. The summed E-state index contributed by atoms with van der Waals surface area (Å²) in [5.74, 6) is 0.774. The third kappa shape index (κ3) is 3.23. The fourth-order valence-corrected chi connectivity index (χ4v) is 4.51. The second-order valence-electron chi connectivity index (χ2n) is 6.69. The van der Waals surface area contributed by atoms with E-state index in [-0.39, 0.29) is 5.56 Å². The SMILES string of the molecule is Cc1cccc(C)c1CSc1nnc2c(=O)n(-c3cccc(Cl)c3C)ccn12. The topological polar surface area (TPSA) is 52.2 Å². The van der Waals surface area contributed by atoms with E-state index < -0.39 is 0 Å². The highest BCUT2D eigenvalue weighted by Crippen LogP contribution is 2.26. The summed E-state index contributed by atoms with van der Waals surface area (Å²) >= 11 is 7.79. The first-order valence-electron chi connectivity index (χ1n) is 8.87. The van der Waals surface area contributed by atoms with E-state index in [4.69, 9.17) is 11.6 Å². The van der Waals surface area contributed by atoms with Gasteiger partial charge >= 0.3 is 5.56 Å². The molecule has 7 heteroatoms. The summed E-state index contributed by atoms with van der Waals surface area (Å²) in [5, 5.41) is 9.70. The minimum atomic E-state index is -0.223. The van der Waals surface area contributed by atoms with Crippen molar-refractivity contribution in [1.82, 2.24) is 19.2 Å². The summed E-state index contributed by atoms with van der Waals surface area (Å²) in [4.78, 5) is 13.0. The number of aromatic nitrogens is 4. The molecule has 0 saturated heterocycles. The van der Waals surface area contributed by atoms with Crippen molar-refractivity contribution in [3.63, 3.8) is 0 Å². The van der Waals surface area contributed by atoms with Gasteiger partial charge in [-0.2, -0.15) is 0 Å². The molecule has 28 heavy (non-hydrogen) atoms. The number of aryl methyl sites for hydroxylation is 2. The number of thioether (sulfide) groups is 1. The fourth-order valence-electron chi connectivity index (χ4n) is 3.22. The van der Waals surface area contributed by atoms with Crippen LogP contribution in [0.5, 0.6) is 0 Å². The maximum Gasteiger partial charge on any atom is 0.300 e. The number of rotatable bonds is 4. The van der Waals surface area contributed by atoms with E-state index in [0.717, 1.165) is 17.0 Å². The maximum absolute atomic E-state index is 13.0. The lowest BCUT2D eigenvalue weighted by molar-refractivity contribution is 0.890. The van der Waals surface area contributed by atoms with E-state index in [1.54, 1.807) is 26.9 Å². The normalized spacial score (nSPS) is 11.3. The highest BCUT2D eigenvalue weighted by molar-refractivity contribution is 7.98. The quantitative estimate of drug-likeness (QED) is 0.455. The van der Waals surface area contributed by atoms with Crippen LogP contribution in [0.15, 0.2) is 58.7 Å².